The molecule has 0 atom stereocenters. The summed E-state index contributed by atoms with van der Waals surface area (Å²) in [6, 6.07) is 18.3. The average Bonchev–Trinajstić information content (AvgIpc) is 3.03. The zero-order chi connectivity index (χ0) is 24.4. The van der Waals surface area contributed by atoms with E-state index in [0.29, 0.717) is 36.8 Å². The van der Waals surface area contributed by atoms with Crippen molar-refractivity contribution in [2.75, 3.05) is 19.1 Å². The number of hydrogen-bond acceptors (Lipinski definition) is 4. The van der Waals surface area contributed by atoms with E-state index in [1.165, 1.54) is 4.90 Å². The first kappa shape index (κ1) is 24.5. The number of benzene rings is 3. The van der Waals surface area contributed by atoms with Gasteiger partial charge in [0.05, 0.1) is 27.3 Å². The highest BCUT2D eigenvalue weighted by Crippen LogP contribution is 2.38. The molecule has 0 aliphatic carbocycles. The highest BCUT2D eigenvalue weighted by Gasteiger charge is 2.36. The molecule has 0 N–H and O–H groups in total. The molecule has 1 amide bonds. The molecule has 3 aromatic carbocycles. The second kappa shape index (κ2) is 10.4. The van der Waals surface area contributed by atoms with Crippen molar-refractivity contribution >= 4 is 74.1 Å². The summed E-state index contributed by atoms with van der Waals surface area (Å²) < 4.78 is 12.2. The van der Waals surface area contributed by atoms with Crippen LogP contribution >= 0.6 is 51.3 Å². The lowest BCUT2D eigenvalue weighted by molar-refractivity contribution is -0.114. The molecular weight excluding hydrogens is 559 g/mol. The van der Waals surface area contributed by atoms with Crippen molar-refractivity contribution in [1.82, 2.24) is 4.90 Å². The van der Waals surface area contributed by atoms with Crippen LogP contribution < -0.4 is 14.4 Å². The van der Waals surface area contributed by atoms with Crippen LogP contribution in [0.2, 0.25) is 10.0 Å². The third-order valence-corrected chi connectivity index (χ3v) is 6.98. The fraction of sp³-hybridized carbons (Fsp3) is 0.120. The molecular formula is C25H19BrCl2N2O3S. The van der Waals surface area contributed by atoms with Gasteiger partial charge in [-0.1, -0.05) is 47.5 Å². The normalized spacial score (nSPS) is 14.8. The second-order valence-electron chi connectivity index (χ2n) is 7.42. The van der Waals surface area contributed by atoms with Crippen LogP contribution in [0.15, 0.2) is 70.8 Å². The summed E-state index contributed by atoms with van der Waals surface area (Å²) in [5, 5.41) is 1.36. The van der Waals surface area contributed by atoms with Crippen molar-refractivity contribution in [3.63, 3.8) is 0 Å². The van der Waals surface area contributed by atoms with Gasteiger partial charge in [0.15, 0.2) is 16.6 Å². The highest BCUT2D eigenvalue weighted by atomic mass is 79.9. The Balaban J connectivity index is 1.61. The molecule has 1 aliphatic heterocycles. The summed E-state index contributed by atoms with van der Waals surface area (Å²) in [6.45, 7) is 0.272. The molecule has 34 heavy (non-hydrogen) atoms. The van der Waals surface area contributed by atoms with E-state index in [0.717, 1.165) is 16.8 Å². The van der Waals surface area contributed by atoms with Gasteiger partial charge in [0, 0.05) is 7.05 Å². The molecule has 0 aromatic heterocycles. The van der Waals surface area contributed by atoms with Gasteiger partial charge < -0.3 is 14.4 Å². The summed E-state index contributed by atoms with van der Waals surface area (Å²) in [4.78, 5) is 16.4. The lowest BCUT2D eigenvalue weighted by Gasteiger charge is -2.16. The standard InChI is InChI=1S/C25H19BrCl2N2O3S/c1-29-21(24(31)30(25(29)34)17-6-4-3-5-7-17)12-16-10-18(26)23(22(13-16)32-2)33-14-15-8-9-19(27)20(28)11-15/h3-13H,14H2,1-2H3/b21-12-. The summed E-state index contributed by atoms with van der Waals surface area (Å²) in [7, 11) is 3.33. The third kappa shape index (κ3) is 4.93. The van der Waals surface area contributed by atoms with Gasteiger partial charge in [0.2, 0.25) is 0 Å². The molecule has 0 saturated carbocycles. The Hall–Kier alpha value is -2.58. The van der Waals surface area contributed by atoms with Crippen LogP contribution in [0.3, 0.4) is 0 Å². The van der Waals surface area contributed by atoms with Crippen LogP contribution in [-0.2, 0) is 11.4 Å². The van der Waals surface area contributed by atoms with E-state index in [1.54, 1.807) is 43.3 Å². The molecule has 5 nitrogen and oxygen atoms in total. The lowest BCUT2D eigenvalue weighted by Crippen LogP contribution is -2.30. The Kier molecular flexibility index (Phi) is 7.48. The van der Waals surface area contributed by atoms with Gasteiger partial charge in [-0.15, -0.1) is 0 Å². The largest absolute Gasteiger partial charge is 0.493 e. The van der Waals surface area contributed by atoms with Crippen LogP contribution in [0, 0.1) is 0 Å². The van der Waals surface area contributed by atoms with Crippen LogP contribution in [0.25, 0.3) is 6.08 Å². The fourth-order valence-corrected chi connectivity index (χ4v) is 4.65. The van der Waals surface area contributed by atoms with Crippen LogP contribution in [0.1, 0.15) is 11.1 Å². The number of anilines is 1. The van der Waals surface area contributed by atoms with Gasteiger partial charge in [-0.05, 0) is 81.7 Å². The van der Waals surface area contributed by atoms with Crippen molar-refractivity contribution in [3.05, 3.63) is 92.0 Å². The monoisotopic (exact) mass is 576 g/mol. The number of para-hydroxylation sites is 1. The maximum absolute atomic E-state index is 13.2. The van der Waals surface area contributed by atoms with Gasteiger partial charge in [0.25, 0.3) is 5.91 Å². The number of rotatable bonds is 6. The Labute approximate surface area is 221 Å². The van der Waals surface area contributed by atoms with Crippen molar-refractivity contribution in [3.8, 4) is 11.5 Å². The smallest absolute Gasteiger partial charge is 0.281 e. The van der Waals surface area contributed by atoms with Gasteiger partial charge in [-0.2, -0.15) is 0 Å². The molecule has 3 aromatic rings. The van der Waals surface area contributed by atoms with Crippen molar-refractivity contribution in [2.45, 2.75) is 6.61 Å². The van der Waals surface area contributed by atoms with Crippen molar-refractivity contribution in [2.24, 2.45) is 0 Å². The number of amides is 1. The van der Waals surface area contributed by atoms with E-state index in [9.17, 15) is 4.79 Å². The number of carbonyl (C=O) groups excluding carboxylic acids is 1. The summed E-state index contributed by atoms with van der Waals surface area (Å²) in [6.07, 6.45) is 1.77. The van der Waals surface area contributed by atoms with E-state index in [1.807, 2.05) is 42.5 Å². The molecule has 9 heteroatoms. The molecule has 1 heterocycles. The quantitative estimate of drug-likeness (QED) is 0.234. The van der Waals surface area contributed by atoms with E-state index >= 15 is 0 Å². The Morgan fingerprint density at radius 2 is 1.79 bits per heavy atom. The number of thiocarbonyl (C=S) groups is 1. The van der Waals surface area contributed by atoms with Crippen LogP contribution in [-0.4, -0.2) is 30.1 Å². The summed E-state index contributed by atoms with van der Waals surface area (Å²) in [5.74, 6) is 0.842. The van der Waals surface area contributed by atoms with E-state index in [2.05, 4.69) is 15.9 Å². The molecule has 0 spiro atoms. The molecule has 4 rings (SSSR count). The molecule has 1 saturated heterocycles. The lowest BCUT2D eigenvalue weighted by atomic mass is 10.1. The maximum Gasteiger partial charge on any atom is 0.281 e. The van der Waals surface area contributed by atoms with E-state index in [-0.39, 0.29) is 12.5 Å². The van der Waals surface area contributed by atoms with Crippen molar-refractivity contribution in [1.29, 1.82) is 0 Å². The first-order chi connectivity index (χ1) is 16.3. The van der Waals surface area contributed by atoms with Gasteiger partial charge in [0.1, 0.15) is 12.3 Å². The van der Waals surface area contributed by atoms with Crippen LogP contribution in [0.5, 0.6) is 11.5 Å². The van der Waals surface area contributed by atoms with E-state index < -0.39 is 0 Å². The maximum atomic E-state index is 13.2. The fourth-order valence-electron chi connectivity index (χ4n) is 3.47. The number of ether oxygens (including phenoxy) is 2. The topological polar surface area (TPSA) is 42.0 Å². The molecule has 0 radical (unpaired) electrons. The molecule has 1 aliphatic rings. The number of likely N-dealkylation sites (N-methyl/N-ethyl adjacent to an activating group) is 1. The van der Waals surface area contributed by atoms with E-state index in [4.69, 9.17) is 44.9 Å². The average molecular weight is 578 g/mol. The minimum Gasteiger partial charge on any atom is -0.493 e. The molecule has 1 fully saturated rings. The predicted octanol–water partition coefficient (Wildman–Crippen LogP) is 6.95. The summed E-state index contributed by atoms with van der Waals surface area (Å²) in [5.41, 5.74) is 2.78. The third-order valence-electron chi connectivity index (χ3n) is 5.20. The molecule has 0 bridgehead atoms. The Bertz CT molecular complexity index is 1300. The number of nitrogens with zero attached hydrogens (tertiary/aromatic N) is 2. The first-order valence-electron chi connectivity index (χ1n) is 10.1. The van der Waals surface area contributed by atoms with Crippen molar-refractivity contribution < 1.29 is 14.3 Å². The first-order valence-corrected chi connectivity index (χ1v) is 12.1. The van der Waals surface area contributed by atoms with Gasteiger partial charge in [-0.25, -0.2) is 0 Å². The number of halogens is 3. The zero-order valence-corrected chi connectivity index (χ0v) is 22.1. The Morgan fingerprint density at radius 3 is 2.47 bits per heavy atom. The predicted molar refractivity (Wildman–Crippen MR) is 144 cm³/mol. The van der Waals surface area contributed by atoms with Crippen LogP contribution in [0.4, 0.5) is 5.69 Å². The number of carbonyl (C=O) groups is 1. The number of hydrogen-bond donors (Lipinski definition) is 0. The van der Waals surface area contributed by atoms with Gasteiger partial charge in [-0.3, -0.25) is 9.69 Å². The zero-order valence-electron chi connectivity index (χ0n) is 18.2. The summed E-state index contributed by atoms with van der Waals surface area (Å²) >= 11 is 21.2. The molecule has 0 unspecified atom stereocenters. The highest BCUT2D eigenvalue weighted by molar-refractivity contribution is 9.10. The van der Waals surface area contributed by atoms with Gasteiger partial charge >= 0.3 is 0 Å². The minimum absolute atomic E-state index is 0.200. The SMILES string of the molecule is COc1cc(/C=C2/C(=O)N(c3ccccc3)C(=S)N2C)cc(Br)c1OCc1ccc(Cl)c(Cl)c1. The Morgan fingerprint density at radius 1 is 1.06 bits per heavy atom. The number of methoxy groups -OCH3 is 1. The second-order valence-corrected chi connectivity index (χ2v) is 9.45. The minimum atomic E-state index is -0.200. The molecule has 174 valence electrons.